The van der Waals surface area contributed by atoms with Crippen molar-refractivity contribution in [2.75, 3.05) is 11.4 Å². The molecule has 0 aliphatic carbocycles. The molecule has 1 N–H and O–H groups in total. The van der Waals surface area contributed by atoms with Crippen LogP contribution in [0, 0.1) is 6.92 Å². The number of amides is 2. The lowest BCUT2D eigenvalue weighted by Crippen LogP contribution is -2.58. The second-order valence-corrected chi connectivity index (χ2v) is 4.61. The Kier molecular flexibility index (Phi) is 3.36. The molecule has 1 aliphatic rings. The highest BCUT2D eigenvalue weighted by molar-refractivity contribution is 6.06. The third kappa shape index (κ3) is 2.23. The molecule has 18 heavy (non-hydrogen) atoms. The Morgan fingerprint density at radius 2 is 2.22 bits per heavy atom. The zero-order valence-electron chi connectivity index (χ0n) is 10.9. The maximum atomic E-state index is 12.3. The van der Waals surface area contributed by atoms with Gasteiger partial charge in [0.05, 0.1) is 11.4 Å². The first kappa shape index (κ1) is 12.6. The van der Waals surface area contributed by atoms with Gasteiger partial charge in [-0.3, -0.25) is 19.2 Å². The zero-order valence-corrected chi connectivity index (χ0v) is 10.9. The van der Waals surface area contributed by atoms with Crippen molar-refractivity contribution >= 4 is 17.5 Å². The van der Waals surface area contributed by atoms with Crippen LogP contribution in [0.1, 0.15) is 25.5 Å². The average Bonchev–Trinajstić information content (AvgIpc) is 2.63. The minimum absolute atomic E-state index is 0.0486. The molecule has 2 rings (SSSR count). The van der Waals surface area contributed by atoms with Crippen molar-refractivity contribution in [3.05, 3.63) is 11.9 Å². The number of hydrogen-bond donors (Lipinski definition) is 1. The van der Waals surface area contributed by atoms with Gasteiger partial charge in [-0.05, 0) is 13.3 Å². The summed E-state index contributed by atoms with van der Waals surface area (Å²) in [6.45, 7) is 3.91. The molecule has 1 fully saturated rings. The maximum Gasteiger partial charge on any atom is 0.250 e. The van der Waals surface area contributed by atoms with Gasteiger partial charge in [0.1, 0.15) is 12.6 Å². The third-order valence-corrected chi connectivity index (χ3v) is 3.06. The second kappa shape index (κ2) is 4.80. The number of piperazine rings is 1. The maximum absolute atomic E-state index is 12.3. The van der Waals surface area contributed by atoms with Crippen molar-refractivity contribution in [1.82, 2.24) is 15.1 Å². The van der Waals surface area contributed by atoms with Gasteiger partial charge in [-0.2, -0.15) is 5.10 Å². The van der Waals surface area contributed by atoms with Gasteiger partial charge in [0.15, 0.2) is 0 Å². The van der Waals surface area contributed by atoms with Crippen LogP contribution >= 0.6 is 0 Å². The normalized spacial score (nSPS) is 20.2. The number of carbonyl (C=O) groups excluding carboxylic acids is 2. The summed E-state index contributed by atoms with van der Waals surface area (Å²) in [4.78, 5) is 25.5. The standard InChI is InChI=1S/C12H18N4O2/c1-4-5-9-12(18)16(7-11(17)13-9)10-6-15(3)14-8(10)2/h6,9H,4-5,7H2,1-3H3,(H,13,17). The average molecular weight is 250 g/mol. The van der Waals surface area contributed by atoms with E-state index in [9.17, 15) is 9.59 Å². The van der Waals surface area contributed by atoms with Crippen LogP contribution in [0.25, 0.3) is 0 Å². The SMILES string of the molecule is CCCC1NC(=O)CN(c2cn(C)nc2C)C1=O. The topological polar surface area (TPSA) is 67.2 Å². The van der Waals surface area contributed by atoms with E-state index in [0.717, 1.165) is 17.8 Å². The molecule has 2 heterocycles. The first-order valence-electron chi connectivity index (χ1n) is 6.14. The Bertz CT molecular complexity index is 480. The summed E-state index contributed by atoms with van der Waals surface area (Å²) in [7, 11) is 1.80. The molecule has 0 radical (unpaired) electrons. The van der Waals surface area contributed by atoms with Gasteiger partial charge in [-0.25, -0.2) is 0 Å². The number of aromatic nitrogens is 2. The summed E-state index contributed by atoms with van der Waals surface area (Å²) in [5, 5.41) is 6.94. The van der Waals surface area contributed by atoms with Crippen LogP contribution in [0.4, 0.5) is 5.69 Å². The monoisotopic (exact) mass is 250 g/mol. The minimum atomic E-state index is -0.407. The van der Waals surface area contributed by atoms with Crippen molar-refractivity contribution in [2.45, 2.75) is 32.7 Å². The fourth-order valence-electron chi connectivity index (χ4n) is 2.25. The first-order valence-corrected chi connectivity index (χ1v) is 6.14. The van der Waals surface area contributed by atoms with E-state index in [4.69, 9.17) is 0 Å². The summed E-state index contributed by atoms with van der Waals surface area (Å²) in [5.41, 5.74) is 1.48. The number of nitrogens with zero attached hydrogens (tertiary/aromatic N) is 3. The number of nitrogens with one attached hydrogen (secondary N) is 1. The lowest BCUT2D eigenvalue weighted by molar-refractivity contribution is -0.131. The predicted molar refractivity (Wildman–Crippen MR) is 67.1 cm³/mol. The van der Waals surface area contributed by atoms with E-state index >= 15 is 0 Å². The zero-order chi connectivity index (χ0) is 13.3. The lowest BCUT2D eigenvalue weighted by atomic mass is 10.1. The van der Waals surface area contributed by atoms with E-state index in [1.165, 1.54) is 4.90 Å². The van der Waals surface area contributed by atoms with Crippen molar-refractivity contribution < 1.29 is 9.59 Å². The van der Waals surface area contributed by atoms with Crippen LogP contribution in [-0.4, -0.2) is 34.2 Å². The largest absolute Gasteiger partial charge is 0.343 e. The summed E-state index contributed by atoms with van der Waals surface area (Å²) in [5.74, 6) is -0.163. The molecule has 1 atom stereocenters. The van der Waals surface area contributed by atoms with E-state index in [-0.39, 0.29) is 18.4 Å². The molecule has 6 nitrogen and oxygen atoms in total. The van der Waals surface area contributed by atoms with Gasteiger partial charge in [0.2, 0.25) is 11.8 Å². The lowest BCUT2D eigenvalue weighted by Gasteiger charge is -2.31. The number of carbonyl (C=O) groups is 2. The van der Waals surface area contributed by atoms with Crippen LogP contribution in [0.3, 0.4) is 0 Å². The number of hydrogen-bond acceptors (Lipinski definition) is 3. The summed E-state index contributed by atoms with van der Waals surface area (Å²) < 4.78 is 1.65. The molecule has 0 saturated carbocycles. The summed E-state index contributed by atoms with van der Waals surface area (Å²) >= 11 is 0. The highest BCUT2D eigenvalue weighted by Gasteiger charge is 2.34. The van der Waals surface area contributed by atoms with Crippen LogP contribution in [-0.2, 0) is 16.6 Å². The van der Waals surface area contributed by atoms with E-state index in [1.807, 2.05) is 13.8 Å². The van der Waals surface area contributed by atoms with E-state index in [1.54, 1.807) is 17.9 Å². The number of rotatable bonds is 3. The van der Waals surface area contributed by atoms with Crippen LogP contribution in [0.5, 0.6) is 0 Å². The fourth-order valence-corrected chi connectivity index (χ4v) is 2.25. The molecule has 6 heteroatoms. The van der Waals surface area contributed by atoms with Crippen LogP contribution < -0.4 is 10.2 Å². The molecule has 1 aromatic heterocycles. The molecular weight excluding hydrogens is 232 g/mol. The van der Waals surface area contributed by atoms with Crippen molar-refractivity contribution in [3.8, 4) is 0 Å². The van der Waals surface area contributed by atoms with E-state index in [2.05, 4.69) is 10.4 Å². The smallest absolute Gasteiger partial charge is 0.250 e. The number of anilines is 1. The molecule has 2 amide bonds. The Balaban J connectivity index is 2.28. The molecule has 0 aromatic carbocycles. The van der Waals surface area contributed by atoms with Gasteiger partial charge in [-0.1, -0.05) is 13.3 Å². The van der Waals surface area contributed by atoms with E-state index in [0.29, 0.717) is 6.42 Å². The summed E-state index contributed by atoms with van der Waals surface area (Å²) in [6, 6.07) is -0.407. The van der Waals surface area contributed by atoms with Gasteiger partial charge in [-0.15, -0.1) is 0 Å². The Morgan fingerprint density at radius 1 is 1.50 bits per heavy atom. The van der Waals surface area contributed by atoms with Crippen molar-refractivity contribution in [3.63, 3.8) is 0 Å². The molecule has 98 valence electrons. The van der Waals surface area contributed by atoms with Crippen LogP contribution in [0.2, 0.25) is 0 Å². The van der Waals surface area contributed by atoms with Gasteiger partial charge >= 0.3 is 0 Å². The highest BCUT2D eigenvalue weighted by Crippen LogP contribution is 2.21. The minimum Gasteiger partial charge on any atom is -0.343 e. The molecule has 1 aromatic rings. The van der Waals surface area contributed by atoms with Crippen LogP contribution in [0.15, 0.2) is 6.20 Å². The predicted octanol–water partition coefficient (Wildman–Crippen LogP) is 0.360. The van der Waals surface area contributed by atoms with Gasteiger partial charge in [0.25, 0.3) is 0 Å². The Hall–Kier alpha value is -1.85. The highest BCUT2D eigenvalue weighted by atomic mass is 16.2. The molecular formula is C12H18N4O2. The van der Waals surface area contributed by atoms with Gasteiger partial charge < -0.3 is 5.32 Å². The third-order valence-electron chi connectivity index (χ3n) is 3.06. The van der Waals surface area contributed by atoms with E-state index < -0.39 is 6.04 Å². The second-order valence-electron chi connectivity index (χ2n) is 4.61. The fraction of sp³-hybridized carbons (Fsp3) is 0.583. The summed E-state index contributed by atoms with van der Waals surface area (Å²) in [6.07, 6.45) is 3.30. The molecule has 1 aliphatic heterocycles. The van der Waals surface area contributed by atoms with Gasteiger partial charge in [0, 0.05) is 13.2 Å². The number of aryl methyl sites for hydroxylation is 2. The molecule has 0 spiro atoms. The van der Waals surface area contributed by atoms with Crippen molar-refractivity contribution in [2.24, 2.45) is 7.05 Å². The Labute approximate surface area is 106 Å². The van der Waals surface area contributed by atoms with Crippen molar-refractivity contribution in [1.29, 1.82) is 0 Å². The molecule has 1 saturated heterocycles. The quantitative estimate of drug-likeness (QED) is 0.842. The Morgan fingerprint density at radius 3 is 2.78 bits per heavy atom. The molecule has 1 unspecified atom stereocenters. The molecule has 0 bridgehead atoms. The first-order chi connectivity index (χ1) is 8.52.